The van der Waals surface area contributed by atoms with Gasteiger partial charge in [0.15, 0.2) is 0 Å². The maximum atomic E-state index is 12.7. The molecule has 1 amide bonds. The number of imidazole rings is 1. The number of hydrogen-bond donors (Lipinski definition) is 1. The fraction of sp³-hybridized carbons (Fsp3) is 0.474. The molecule has 2 atom stereocenters. The van der Waals surface area contributed by atoms with Crippen LogP contribution >= 0.6 is 11.8 Å². The number of hydrogen-bond acceptors (Lipinski definition) is 3. The van der Waals surface area contributed by atoms with Gasteiger partial charge in [-0.15, -0.1) is 0 Å². The van der Waals surface area contributed by atoms with Gasteiger partial charge in [0.05, 0.1) is 6.33 Å². The van der Waals surface area contributed by atoms with Crippen molar-refractivity contribution in [2.75, 3.05) is 5.75 Å². The van der Waals surface area contributed by atoms with Crippen molar-refractivity contribution in [1.29, 1.82) is 0 Å². The Labute approximate surface area is 148 Å². The molecule has 0 radical (unpaired) electrons. The number of rotatable bonds is 6. The average Bonchev–Trinajstić information content (AvgIpc) is 3.10. The second-order valence-corrected chi connectivity index (χ2v) is 7.81. The second kappa shape index (κ2) is 8.38. The monoisotopic (exact) mass is 343 g/mol. The number of nitrogens with zero attached hydrogens (tertiary/aromatic N) is 2. The van der Waals surface area contributed by atoms with Crippen molar-refractivity contribution in [3.63, 3.8) is 0 Å². The fourth-order valence-corrected chi connectivity index (χ4v) is 4.53. The van der Waals surface area contributed by atoms with E-state index in [0.29, 0.717) is 11.3 Å². The average molecular weight is 343 g/mol. The minimum Gasteiger partial charge on any atom is -0.348 e. The van der Waals surface area contributed by atoms with E-state index in [4.69, 9.17) is 0 Å². The normalized spacial score (nSPS) is 20.7. The largest absolute Gasteiger partial charge is 0.348 e. The Hall–Kier alpha value is -1.75. The predicted molar refractivity (Wildman–Crippen MR) is 99.4 cm³/mol. The lowest BCUT2D eigenvalue weighted by Gasteiger charge is -2.31. The number of nitrogens with one attached hydrogen (secondary N) is 1. The van der Waals surface area contributed by atoms with Crippen LogP contribution in [0, 0.1) is 0 Å². The summed E-state index contributed by atoms with van der Waals surface area (Å²) in [7, 11) is 0. The third-order valence-electron chi connectivity index (χ3n) is 4.51. The van der Waals surface area contributed by atoms with Crippen LogP contribution in [0.15, 0.2) is 43.0 Å². The minimum atomic E-state index is 0.0519. The molecule has 1 fully saturated rings. The molecule has 2 aromatic rings. The lowest BCUT2D eigenvalue weighted by Crippen LogP contribution is -2.43. The summed E-state index contributed by atoms with van der Waals surface area (Å²) in [6.07, 6.45) is 10.3. The van der Waals surface area contributed by atoms with E-state index in [1.165, 1.54) is 19.3 Å². The Kier molecular flexibility index (Phi) is 5.96. The number of carbonyl (C=O) groups is 1. The third-order valence-corrected chi connectivity index (χ3v) is 5.84. The minimum absolute atomic E-state index is 0.0519. The first kappa shape index (κ1) is 17.1. The first-order valence-corrected chi connectivity index (χ1v) is 9.78. The Morgan fingerprint density at radius 3 is 3.04 bits per heavy atom. The van der Waals surface area contributed by atoms with Gasteiger partial charge in [-0.3, -0.25) is 4.79 Å². The van der Waals surface area contributed by atoms with Crippen molar-refractivity contribution in [3.8, 4) is 0 Å². The molecule has 1 aromatic heterocycles. The summed E-state index contributed by atoms with van der Waals surface area (Å²) in [6.45, 7) is 2.93. The SMILES string of the molecule is CCS[C@@H]1CCCC[C@H]1NC(=O)c1cccc(Cn2ccnc2)c1. The lowest BCUT2D eigenvalue weighted by atomic mass is 9.94. The van der Waals surface area contributed by atoms with Crippen molar-refractivity contribution in [2.24, 2.45) is 0 Å². The van der Waals surface area contributed by atoms with E-state index >= 15 is 0 Å². The second-order valence-electron chi connectivity index (χ2n) is 6.29. The summed E-state index contributed by atoms with van der Waals surface area (Å²) in [5.41, 5.74) is 1.86. The van der Waals surface area contributed by atoms with E-state index in [1.807, 2.05) is 46.8 Å². The van der Waals surface area contributed by atoms with Crippen LogP contribution in [0.5, 0.6) is 0 Å². The summed E-state index contributed by atoms with van der Waals surface area (Å²) in [5.74, 6) is 1.16. The summed E-state index contributed by atoms with van der Waals surface area (Å²) in [5, 5.41) is 3.83. The number of aromatic nitrogens is 2. The van der Waals surface area contributed by atoms with Crippen molar-refractivity contribution in [1.82, 2.24) is 14.9 Å². The highest BCUT2D eigenvalue weighted by atomic mass is 32.2. The number of amides is 1. The van der Waals surface area contributed by atoms with Crippen molar-refractivity contribution >= 4 is 17.7 Å². The summed E-state index contributed by atoms with van der Waals surface area (Å²) >= 11 is 1.98. The standard InChI is InChI=1S/C19H25N3OS/c1-2-24-18-9-4-3-8-17(18)21-19(23)16-7-5-6-15(12-16)13-22-11-10-20-14-22/h5-7,10-12,14,17-18H,2-4,8-9,13H2,1H3,(H,21,23)/t17-,18-/m1/s1. The maximum Gasteiger partial charge on any atom is 0.251 e. The van der Waals surface area contributed by atoms with Gasteiger partial charge in [0.2, 0.25) is 0 Å². The van der Waals surface area contributed by atoms with Crippen LogP contribution in [0.4, 0.5) is 0 Å². The highest BCUT2D eigenvalue weighted by molar-refractivity contribution is 7.99. The molecule has 1 N–H and O–H groups in total. The maximum absolute atomic E-state index is 12.7. The van der Waals surface area contributed by atoms with Crippen molar-refractivity contribution in [2.45, 2.75) is 50.4 Å². The van der Waals surface area contributed by atoms with E-state index in [0.717, 1.165) is 29.8 Å². The van der Waals surface area contributed by atoms with Gasteiger partial charge in [0, 0.05) is 35.8 Å². The van der Waals surface area contributed by atoms with E-state index in [9.17, 15) is 4.79 Å². The van der Waals surface area contributed by atoms with Crippen molar-refractivity contribution < 1.29 is 4.79 Å². The zero-order chi connectivity index (χ0) is 16.8. The van der Waals surface area contributed by atoms with Gasteiger partial charge in [-0.25, -0.2) is 4.98 Å². The number of carbonyl (C=O) groups excluding carboxylic acids is 1. The summed E-state index contributed by atoms with van der Waals surface area (Å²) < 4.78 is 2.01. The zero-order valence-electron chi connectivity index (χ0n) is 14.1. The van der Waals surface area contributed by atoms with Crippen LogP contribution in [0.25, 0.3) is 0 Å². The molecule has 1 heterocycles. The molecule has 1 aliphatic carbocycles. The molecule has 0 bridgehead atoms. The van der Waals surface area contributed by atoms with E-state index in [2.05, 4.69) is 17.2 Å². The lowest BCUT2D eigenvalue weighted by molar-refractivity contribution is 0.0929. The molecule has 24 heavy (non-hydrogen) atoms. The van der Waals surface area contributed by atoms with E-state index in [1.54, 1.807) is 12.5 Å². The highest BCUT2D eigenvalue weighted by Crippen LogP contribution is 2.28. The molecule has 1 aromatic carbocycles. The molecule has 4 nitrogen and oxygen atoms in total. The number of thioether (sulfide) groups is 1. The molecular formula is C19H25N3OS. The van der Waals surface area contributed by atoms with Crippen LogP contribution in [-0.2, 0) is 6.54 Å². The van der Waals surface area contributed by atoms with Gasteiger partial charge in [-0.05, 0) is 36.3 Å². The first-order valence-electron chi connectivity index (χ1n) is 8.73. The topological polar surface area (TPSA) is 46.9 Å². The zero-order valence-corrected chi connectivity index (χ0v) is 15.0. The summed E-state index contributed by atoms with van der Waals surface area (Å²) in [6, 6.07) is 8.19. The predicted octanol–water partition coefficient (Wildman–Crippen LogP) is 3.73. The van der Waals surface area contributed by atoms with Gasteiger partial charge in [-0.2, -0.15) is 11.8 Å². The molecular weight excluding hydrogens is 318 g/mol. The first-order chi connectivity index (χ1) is 11.8. The van der Waals surface area contributed by atoms with E-state index in [-0.39, 0.29) is 5.91 Å². The van der Waals surface area contributed by atoms with Crippen LogP contribution in [0.2, 0.25) is 0 Å². The van der Waals surface area contributed by atoms with Gasteiger partial charge in [0.25, 0.3) is 5.91 Å². The Bertz CT molecular complexity index is 654. The van der Waals surface area contributed by atoms with Crippen LogP contribution in [0.3, 0.4) is 0 Å². The molecule has 0 unspecified atom stereocenters. The van der Waals surface area contributed by atoms with Gasteiger partial charge >= 0.3 is 0 Å². The highest BCUT2D eigenvalue weighted by Gasteiger charge is 2.26. The van der Waals surface area contributed by atoms with E-state index < -0.39 is 0 Å². The Morgan fingerprint density at radius 1 is 1.38 bits per heavy atom. The van der Waals surface area contributed by atoms with Crippen LogP contribution < -0.4 is 5.32 Å². The van der Waals surface area contributed by atoms with Gasteiger partial charge in [0.1, 0.15) is 0 Å². The molecule has 5 heteroatoms. The molecule has 1 aliphatic rings. The third kappa shape index (κ3) is 4.41. The quantitative estimate of drug-likeness (QED) is 0.869. The molecule has 0 spiro atoms. The smallest absolute Gasteiger partial charge is 0.251 e. The van der Waals surface area contributed by atoms with Crippen molar-refractivity contribution in [3.05, 3.63) is 54.1 Å². The van der Waals surface area contributed by atoms with Crippen LogP contribution in [-0.4, -0.2) is 32.5 Å². The summed E-state index contributed by atoms with van der Waals surface area (Å²) in [4.78, 5) is 16.7. The van der Waals surface area contributed by atoms with Gasteiger partial charge in [-0.1, -0.05) is 31.9 Å². The Morgan fingerprint density at radius 2 is 2.25 bits per heavy atom. The van der Waals surface area contributed by atoms with Crippen LogP contribution in [0.1, 0.15) is 48.5 Å². The fourth-order valence-electron chi connectivity index (χ4n) is 3.33. The molecule has 3 rings (SSSR count). The molecule has 1 saturated carbocycles. The molecule has 128 valence electrons. The van der Waals surface area contributed by atoms with Gasteiger partial charge < -0.3 is 9.88 Å². The molecule has 0 saturated heterocycles. The molecule has 0 aliphatic heterocycles. The number of benzene rings is 1. The Balaban J connectivity index is 1.65.